The van der Waals surface area contributed by atoms with E-state index in [0.29, 0.717) is 0 Å². The molecule has 24 nitrogen and oxygen atoms in total. The molecule has 0 saturated carbocycles. The van der Waals surface area contributed by atoms with Gasteiger partial charge < -0.3 is 49.6 Å². The van der Waals surface area contributed by atoms with Crippen molar-refractivity contribution in [3.8, 4) is 57.5 Å². The molecule has 0 aliphatic rings. The molecule has 6 N–H and O–H groups in total. The lowest BCUT2D eigenvalue weighted by molar-refractivity contribution is 0.0998. The fourth-order valence-corrected chi connectivity index (χ4v) is 7.34. The van der Waals surface area contributed by atoms with E-state index in [1.165, 1.54) is 13.8 Å². The highest BCUT2D eigenvalue weighted by Crippen LogP contribution is 2.33. The topological polar surface area (TPSA) is 343 Å². The van der Waals surface area contributed by atoms with Crippen molar-refractivity contribution in [3.05, 3.63) is 231 Å². The van der Waals surface area contributed by atoms with Gasteiger partial charge in [0, 0.05) is 73.8 Å². The number of carbonyl (C=O) groups excluding carboxylic acids is 2. The molecular formula is C72H76N12O12. The highest BCUT2D eigenvalue weighted by molar-refractivity contribution is 6.00. The fourth-order valence-electron chi connectivity index (χ4n) is 7.34. The Morgan fingerprint density at radius 3 is 0.615 bits per heavy atom. The number of hydrogen-bond acceptors (Lipinski definition) is 24. The summed E-state index contributed by atoms with van der Waals surface area (Å²) in [5, 5.41) is 87.2. The molecule has 0 saturated heterocycles. The highest BCUT2D eigenvalue weighted by Gasteiger charge is 2.14. The third-order valence-electron chi connectivity index (χ3n) is 11.9. The standard InChI is InChI=1S/4C14H15N3O.2C8H8O4/c4*1-2-11-18-14-5-3-12(4-6-14)16-17-13-7-9-15-10-8-13;2*1-4(9)8-6(11)2-5(10)3-7(8)12/h4*3-10H,2,11H2,1H3;2*2-3,10-12H,1H3. The number of carbonyl (C=O) groups is 2. The Morgan fingerprint density at radius 2 is 0.458 bits per heavy atom. The van der Waals surface area contributed by atoms with E-state index in [0.717, 1.165) is 145 Å². The zero-order valence-corrected chi connectivity index (χ0v) is 53.9. The van der Waals surface area contributed by atoms with Crippen molar-refractivity contribution < 1.29 is 59.2 Å². The molecule has 0 atom stereocenters. The van der Waals surface area contributed by atoms with Crippen LogP contribution in [-0.4, -0.2) is 88.6 Å². The van der Waals surface area contributed by atoms with Crippen molar-refractivity contribution in [3.63, 3.8) is 0 Å². The number of nitrogens with zero attached hydrogens (tertiary/aromatic N) is 12. The molecule has 4 heterocycles. The molecular weight excluding hydrogens is 1220 g/mol. The zero-order valence-electron chi connectivity index (χ0n) is 53.9. The first kappa shape index (κ1) is 74.4. The Labute approximate surface area is 556 Å². The number of phenolic OH excluding ortho intramolecular Hbond substituents is 6. The molecule has 24 heteroatoms. The van der Waals surface area contributed by atoms with Crippen LogP contribution in [0.5, 0.6) is 57.5 Å². The van der Waals surface area contributed by atoms with Crippen LogP contribution in [0.4, 0.5) is 45.5 Å². The number of benzene rings is 6. The van der Waals surface area contributed by atoms with Crippen molar-refractivity contribution in [2.24, 2.45) is 40.9 Å². The Bertz CT molecular complexity index is 3490. The second kappa shape index (κ2) is 42.7. The minimum atomic E-state index is -0.454. The van der Waals surface area contributed by atoms with Crippen LogP contribution in [0.3, 0.4) is 0 Å². The van der Waals surface area contributed by atoms with Gasteiger partial charge >= 0.3 is 0 Å². The van der Waals surface area contributed by atoms with E-state index in [-0.39, 0.29) is 22.6 Å². The van der Waals surface area contributed by atoms with Crippen LogP contribution in [0.15, 0.2) is 260 Å². The third kappa shape index (κ3) is 28.9. The number of rotatable bonds is 22. The lowest BCUT2D eigenvalue weighted by Gasteiger charge is -2.03. The van der Waals surface area contributed by atoms with E-state index < -0.39 is 34.6 Å². The Balaban J connectivity index is 0.000000210. The Hall–Kier alpha value is -12.3. The Kier molecular flexibility index (Phi) is 33.1. The summed E-state index contributed by atoms with van der Waals surface area (Å²) < 4.78 is 22.0. The summed E-state index contributed by atoms with van der Waals surface area (Å²) >= 11 is 0. The van der Waals surface area contributed by atoms with Gasteiger partial charge in [0.1, 0.15) is 68.6 Å². The summed E-state index contributed by atoms with van der Waals surface area (Å²) in [4.78, 5) is 37.3. The summed E-state index contributed by atoms with van der Waals surface area (Å²) in [6.45, 7) is 13.7. The number of pyridine rings is 4. The van der Waals surface area contributed by atoms with E-state index in [1.54, 1.807) is 49.6 Å². The van der Waals surface area contributed by atoms with E-state index >= 15 is 0 Å². The van der Waals surface area contributed by atoms with Gasteiger partial charge in [0.05, 0.1) is 71.9 Å². The molecule has 96 heavy (non-hydrogen) atoms. The monoisotopic (exact) mass is 1300 g/mol. The van der Waals surface area contributed by atoms with E-state index in [4.69, 9.17) is 49.6 Å². The number of Topliss-reactive ketones (excluding diaryl/α,β-unsaturated/α-hetero) is 2. The van der Waals surface area contributed by atoms with Crippen molar-refractivity contribution in [1.82, 2.24) is 19.9 Å². The number of ether oxygens (including phenoxy) is 4. The quantitative estimate of drug-likeness (QED) is 0.0271. The minimum absolute atomic E-state index is 0.173. The molecule has 0 radical (unpaired) electrons. The third-order valence-corrected chi connectivity index (χ3v) is 11.9. The first-order valence-electron chi connectivity index (χ1n) is 30.3. The van der Waals surface area contributed by atoms with Gasteiger partial charge in [-0.1, -0.05) is 27.7 Å². The van der Waals surface area contributed by atoms with Crippen molar-refractivity contribution in [2.75, 3.05) is 26.4 Å². The van der Waals surface area contributed by atoms with Gasteiger partial charge in [0.25, 0.3) is 0 Å². The molecule has 0 spiro atoms. The average Bonchev–Trinajstić information content (AvgIpc) is 0.991. The molecule has 6 aromatic carbocycles. The number of ketones is 2. The second-order valence-corrected chi connectivity index (χ2v) is 19.8. The molecule has 0 aliphatic heterocycles. The van der Waals surface area contributed by atoms with E-state index in [9.17, 15) is 9.59 Å². The van der Waals surface area contributed by atoms with Crippen molar-refractivity contribution >= 4 is 57.1 Å². The van der Waals surface area contributed by atoms with Crippen LogP contribution in [0.1, 0.15) is 87.9 Å². The molecule has 10 rings (SSSR count). The van der Waals surface area contributed by atoms with Crippen LogP contribution in [0.25, 0.3) is 0 Å². The normalized spacial score (nSPS) is 10.5. The van der Waals surface area contributed by atoms with Crippen LogP contribution in [0, 0.1) is 0 Å². The number of azo groups is 4. The maximum Gasteiger partial charge on any atom is 0.167 e. The number of hydrogen-bond donors (Lipinski definition) is 6. The number of phenols is 6. The van der Waals surface area contributed by atoms with Crippen LogP contribution in [0.2, 0.25) is 0 Å². The first-order valence-corrected chi connectivity index (χ1v) is 30.3. The molecule has 0 aliphatic carbocycles. The lowest BCUT2D eigenvalue weighted by Crippen LogP contribution is -1.93. The smallest absolute Gasteiger partial charge is 0.167 e. The van der Waals surface area contributed by atoms with Crippen LogP contribution in [-0.2, 0) is 0 Å². The summed E-state index contributed by atoms with van der Waals surface area (Å²) in [7, 11) is 0. The number of aromatic nitrogens is 4. The summed E-state index contributed by atoms with van der Waals surface area (Å²) in [6, 6.07) is 48.7. The molecule has 0 bridgehead atoms. The highest BCUT2D eigenvalue weighted by atomic mass is 16.5. The van der Waals surface area contributed by atoms with Gasteiger partial charge in [-0.15, -0.1) is 0 Å². The van der Waals surface area contributed by atoms with Crippen molar-refractivity contribution in [2.45, 2.75) is 67.2 Å². The largest absolute Gasteiger partial charge is 0.508 e. The molecule has 10 aromatic rings. The predicted octanol–water partition coefficient (Wildman–Crippen LogP) is 19.2. The van der Waals surface area contributed by atoms with Crippen LogP contribution < -0.4 is 18.9 Å². The fraction of sp³-hybridized carbons (Fsp3) is 0.194. The summed E-state index contributed by atoms with van der Waals surface area (Å²) in [5.74, 6) is 0.304. The van der Waals surface area contributed by atoms with Gasteiger partial charge in [0.15, 0.2) is 11.6 Å². The second-order valence-electron chi connectivity index (χ2n) is 19.8. The molecule has 0 amide bonds. The first-order chi connectivity index (χ1) is 46.6. The lowest BCUT2D eigenvalue weighted by atomic mass is 10.1. The SMILES string of the molecule is CC(=O)c1c(O)cc(O)cc1O.CC(=O)c1c(O)cc(O)cc1O.CCCOc1ccc(N=Nc2ccncc2)cc1.CCCOc1ccc(N=Nc2ccncc2)cc1.CCCOc1ccc(N=Nc2ccncc2)cc1.CCCOc1ccc(N=Nc2ccncc2)cc1. The average molecular weight is 1300 g/mol. The molecule has 0 fully saturated rings. The van der Waals surface area contributed by atoms with Crippen LogP contribution >= 0.6 is 0 Å². The Morgan fingerprint density at radius 1 is 0.292 bits per heavy atom. The van der Waals surface area contributed by atoms with E-state index in [2.05, 4.69) is 88.5 Å². The minimum Gasteiger partial charge on any atom is -0.508 e. The molecule has 496 valence electrons. The maximum atomic E-state index is 10.8. The van der Waals surface area contributed by atoms with Gasteiger partial charge in [-0.3, -0.25) is 29.5 Å². The maximum absolute atomic E-state index is 10.8. The summed E-state index contributed by atoms with van der Waals surface area (Å²) in [6.07, 6.45) is 17.5. The predicted molar refractivity (Wildman–Crippen MR) is 365 cm³/mol. The molecule has 4 aromatic heterocycles. The summed E-state index contributed by atoms with van der Waals surface area (Å²) in [5.41, 5.74) is 6.01. The van der Waals surface area contributed by atoms with Gasteiger partial charge in [0.2, 0.25) is 0 Å². The van der Waals surface area contributed by atoms with Gasteiger partial charge in [-0.05, 0) is 185 Å². The van der Waals surface area contributed by atoms with Crippen molar-refractivity contribution in [1.29, 1.82) is 0 Å². The molecule has 0 unspecified atom stereocenters. The van der Waals surface area contributed by atoms with Gasteiger partial charge in [-0.2, -0.15) is 40.9 Å². The van der Waals surface area contributed by atoms with E-state index in [1.807, 2.05) is 146 Å². The van der Waals surface area contributed by atoms with Gasteiger partial charge in [-0.25, -0.2) is 0 Å². The number of aromatic hydroxyl groups is 6. The zero-order chi connectivity index (χ0) is 69.1.